The van der Waals surface area contributed by atoms with E-state index < -0.39 is 18.0 Å². The summed E-state index contributed by atoms with van der Waals surface area (Å²) in [6.45, 7) is 2.24. The lowest BCUT2D eigenvalue weighted by Crippen LogP contribution is -2.22. The number of aliphatic hydroxyl groups is 1. The maximum Gasteiger partial charge on any atom is 0.303 e. The van der Waals surface area contributed by atoms with E-state index in [1.54, 1.807) is 11.8 Å². The van der Waals surface area contributed by atoms with Gasteiger partial charge >= 0.3 is 11.9 Å². The van der Waals surface area contributed by atoms with Crippen LogP contribution < -0.4 is 0 Å². The number of thioether (sulfide) groups is 1. The summed E-state index contributed by atoms with van der Waals surface area (Å²) in [5.74, 6) is -0.697. The van der Waals surface area contributed by atoms with Crippen LogP contribution in [0.4, 0.5) is 0 Å². The molecule has 0 amide bonds. The summed E-state index contributed by atoms with van der Waals surface area (Å²) < 4.78 is 0. The Morgan fingerprint density at radius 2 is 1.32 bits per heavy atom. The number of aliphatic hydroxyl groups excluding tert-OH is 1. The zero-order valence-electron chi connectivity index (χ0n) is 19.6. The van der Waals surface area contributed by atoms with Crippen molar-refractivity contribution in [3.8, 4) is 0 Å². The fourth-order valence-electron chi connectivity index (χ4n) is 3.50. The Morgan fingerprint density at radius 1 is 0.774 bits per heavy atom. The van der Waals surface area contributed by atoms with Gasteiger partial charge in [-0.3, -0.25) is 9.59 Å². The second kappa shape index (κ2) is 22.2. The van der Waals surface area contributed by atoms with Crippen LogP contribution in [0.25, 0.3) is 0 Å². The summed E-state index contributed by atoms with van der Waals surface area (Å²) in [6, 6.07) is 0. The molecule has 0 rings (SSSR count). The van der Waals surface area contributed by atoms with Gasteiger partial charge in [-0.1, -0.05) is 76.9 Å². The average molecular weight is 459 g/mol. The zero-order chi connectivity index (χ0) is 23.2. The summed E-state index contributed by atoms with van der Waals surface area (Å²) in [5, 5.41) is 28.0. The minimum absolute atomic E-state index is 0.0214. The van der Waals surface area contributed by atoms with Gasteiger partial charge in [-0.2, -0.15) is 11.8 Å². The molecule has 6 heteroatoms. The third kappa shape index (κ3) is 22.0. The highest BCUT2D eigenvalue weighted by Gasteiger charge is 2.17. The number of hydrogen-bond acceptors (Lipinski definition) is 4. The van der Waals surface area contributed by atoms with Crippen molar-refractivity contribution in [3.63, 3.8) is 0 Å². The molecule has 0 bridgehead atoms. The van der Waals surface area contributed by atoms with Crippen LogP contribution in [0.3, 0.4) is 0 Å². The van der Waals surface area contributed by atoms with Gasteiger partial charge in [-0.15, -0.1) is 0 Å². The molecule has 0 aliphatic heterocycles. The Labute approximate surface area is 194 Å². The van der Waals surface area contributed by atoms with E-state index in [-0.39, 0.29) is 18.1 Å². The van der Waals surface area contributed by atoms with Crippen LogP contribution in [0.15, 0.2) is 12.2 Å². The Morgan fingerprint density at radius 3 is 1.94 bits per heavy atom. The molecule has 0 aromatic heterocycles. The van der Waals surface area contributed by atoms with Gasteiger partial charge in [0, 0.05) is 18.1 Å². The van der Waals surface area contributed by atoms with E-state index in [0.717, 1.165) is 25.0 Å². The van der Waals surface area contributed by atoms with Crippen LogP contribution in [-0.2, 0) is 9.59 Å². The standard InChI is InChI=1S/C25H46O5S/c1-2-3-4-5-6-7-8-9-10-11-13-18-23(22(26)17-16-20-25(29)30)31-21-15-12-14-19-24(27)28/h13,18,22-23,26H,2-12,14-17,19-21H2,1H3,(H,27,28)(H,29,30)/b18-13-. The van der Waals surface area contributed by atoms with Gasteiger partial charge in [0.15, 0.2) is 0 Å². The molecule has 0 saturated carbocycles. The van der Waals surface area contributed by atoms with E-state index in [9.17, 15) is 14.7 Å². The molecule has 2 unspecified atom stereocenters. The molecule has 0 aliphatic rings. The molecule has 0 heterocycles. The lowest BCUT2D eigenvalue weighted by atomic mass is 10.1. The summed E-state index contributed by atoms with van der Waals surface area (Å²) in [6.07, 6.45) is 20.3. The Bertz CT molecular complexity index is 467. The number of rotatable bonds is 23. The first-order chi connectivity index (χ1) is 15.0. The van der Waals surface area contributed by atoms with Gasteiger partial charge in [0.25, 0.3) is 0 Å². The molecule has 0 aromatic carbocycles. The van der Waals surface area contributed by atoms with Crippen LogP contribution in [0.1, 0.15) is 116 Å². The molecule has 0 aromatic rings. The lowest BCUT2D eigenvalue weighted by molar-refractivity contribution is -0.138. The van der Waals surface area contributed by atoms with Crippen molar-refractivity contribution in [2.75, 3.05) is 5.75 Å². The SMILES string of the molecule is CCCCCCCCCCC/C=C\C(SCCCCCC(=O)O)C(O)CCCC(=O)O. The van der Waals surface area contributed by atoms with Crippen LogP contribution in [-0.4, -0.2) is 44.4 Å². The predicted octanol–water partition coefficient (Wildman–Crippen LogP) is 6.83. The Kier molecular flexibility index (Phi) is 21.5. The fourth-order valence-corrected chi connectivity index (χ4v) is 4.72. The van der Waals surface area contributed by atoms with Crippen molar-refractivity contribution in [1.82, 2.24) is 0 Å². The van der Waals surface area contributed by atoms with Crippen LogP contribution in [0.5, 0.6) is 0 Å². The number of carboxylic acids is 2. The lowest BCUT2D eigenvalue weighted by Gasteiger charge is -2.19. The van der Waals surface area contributed by atoms with E-state index in [4.69, 9.17) is 10.2 Å². The van der Waals surface area contributed by atoms with Crippen molar-refractivity contribution in [2.24, 2.45) is 0 Å². The molecule has 0 saturated heterocycles. The zero-order valence-corrected chi connectivity index (χ0v) is 20.4. The van der Waals surface area contributed by atoms with Crippen molar-refractivity contribution in [1.29, 1.82) is 0 Å². The van der Waals surface area contributed by atoms with Crippen LogP contribution >= 0.6 is 11.8 Å². The van der Waals surface area contributed by atoms with Gasteiger partial charge in [-0.25, -0.2) is 0 Å². The summed E-state index contributed by atoms with van der Waals surface area (Å²) in [5.41, 5.74) is 0. The molecule has 0 fully saturated rings. The maximum atomic E-state index is 10.7. The van der Waals surface area contributed by atoms with Crippen LogP contribution in [0.2, 0.25) is 0 Å². The van der Waals surface area contributed by atoms with Gasteiger partial charge in [-0.05, 0) is 44.3 Å². The Balaban J connectivity index is 4.11. The quantitative estimate of drug-likeness (QED) is 0.115. The van der Waals surface area contributed by atoms with Gasteiger partial charge in [0.05, 0.1) is 6.10 Å². The van der Waals surface area contributed by atoms with E-state index in [1.165, 1.54) is 57.8 Å². The molecule has 3 N–H and O–H groups in total. The molecule has 0 radical (unpaired) electrons. The highest BCUT2D eigenvalue weighted by atomic mass is 32.2. The summed E-state index contributed by atoms with van der Waals surface area (Å²) in [4.78, 5) is 21.3. The van der Waals surface area contributed by atoms with E-state index in [0.29, 0.717) is 19.3 Å². The van der Waals surface area contributed by atoms with Crippen molar-refractivity contribution in [3.05, 3.63) is 12.2 Å². The Hall–Kier alpha value is -1.01. The monoisotopic (exact) mass is 458 g/mol. The highest BCUT2D eigenvalue weighted by molar-refractivity contribution is 8.00. The number of aliphatic carboxylic acids is 2. The third-order valence-electron chi connectivity index (χ3n) is 5.42. The molecule has 182 valence electrons. The minimum atomic E-state index is -0.823. The third-order valence-corrected chi connectivity index (χ3v) is 6.80. The van der Waals surface area contributed by atoms with Gasteiger partial charge < -0.3 is 15.3 Å². The number of carboxylic acid groups (broad SMARTS) is 2. The second-order valence-electron chi connectivity index (χ2n) is 8.44. The number of unbranched alkanes of at least 4 members (excludes halogenated alkanes) is 11. The maximum absolute atomic E-state index is 10.7. The summed E-state index contributed by atoms with van der Waals surface area (Å²) in [7, 11) is 0. The van der Waals surface area contributed by atoms with Crippen molar-refractivity contribution >= 4 is 23.7 Å². The molecule has 2 atom stereocenters. The van der Waals surface area contributed by atoms with E-state index in [2.05, 4.69) is 19.1 Å². The second-order valence-corrected chi connectivity index (χ2v) is 9.72. The highest BCUT2D eigenvalue weighted by Crippen LogP contribution is 2.22. The van der Waals surface area contributed by atoms with Gasteiger partial charge in [0.1, 0.15) is 0 Å². The van der Waals surface area contributed by atoms with E-state index >= 15 is 0 Å². The van der Waals surface area contributed by atoms with Crippen LogP contribution in [0, 0.1) is 0 Å². The van der Waals surface area contributed by atoms with E-state index in [1.807, 2.05) is 0 Å². The first-order valence-corrected chi connectivity index (χ1v) is 13.4. The number of allylic oxidation sites excluding steroid dienone is 1. The van der Waals surface area contributed by atoms with Crippen molar-refractivity contribution in [2.45, 2.75) is 127 Å². The van der Waals surface area contributed by atoms with Gasteiger partial charge in [0.2, 0.25) is 0 Å². The topological polar surface area (TPSA) is 94.8 Å². The molecule has 5 nitrogen and oxygen atoms in total. The summed E-state index contributed by atoms with van der Waals surface area (Å²) >= 11 is 1.70. The first-order valence-electron chi connectivity index (χ1n) is 12.4. The molecule has 0 aliphatic carbocycles. The normalized spacial score (nSPS) is 13.5. The number of carbonyl (C=O) groups is 2. The average Bonchev–Trinajstić information content (AvgIpc) is 2.72. The smallest absolute Gasteiger partial charge is 0.303 e. The predicted molar refractivity (Wildman–Crippen MR) is 131 cm³/mol. The first kappa shape index (κ1) is 30.0. The fraction of sp³-hybridized carbons (Fsp3) is 0.840. The molecular formula is C25H46O5S. The molecule has 0 spiro atoms. The molecular weight excluding hydrogens is 412 g/mol. The largest absolute Gasteiger partial charge is 0.481 e. The number of hydrogen-bond donors (Lipinski definition) is 3. The van der Waals surface area contributed by atoms with Crippen molar-refractivity contribution < 1.29 is 24.9 Å². The minimum Gasteiger partial charge on any atom is -0.481 e. The molecule has 31 heavy (non-hydrogen) atoms.